The Morgan fingerprint density at radius 1 is 1.33 bits per heavy atom. The summed E-state index contributed by atoms with van der Waals surface area (Å²) < 4.78 is 5.83. The summed E-state index contributed by atoms with van der Waals surface area (Å²) in [7, 11) is 0. The first kappa shape index (κ1) is 10.2. The van der Waals surface area contributed by atoms with Crippen molar-refractivity contribution in [3.05, 3.63) is 35.4 Å². The molecular formula is C13H17NO. The molecule has 2 rings (SSSR count). The number of fused-ring (bicyclic) bond motifs is 1. The van der Waals surface area contributed by atoms with E-state index in [-0.39, 0.29) is 11.6 Å². The smallest absolute Gasteiger partial charge is 0.127 e. The molecule has 1 aromatic rings. The van der Waals surface area contributed by atoms with Gasteiger partial charge in [0, 0.05) is 11.6 Å². The highest BCUT2D eigenvalue weighted by molar-refractivity contribution is 5.61. The summed E-state index contributed by atoms with van der Waals surface area (Å²) in [5.74, 6) is 0.937. The van der Waals surface area contributed by atoms with Crippen molar-refractivity contribution in [2.24, 2.45) is 5.73 Å². The second-order valence-corrected chi connectivity index (χ2v) is 4.62. The molecule has 1 unspecified atom stereocenters. The van der Waals surface area contributed by atoms with Crippen molar-refractivity contribution in [2.45, 2.75) is 32.4 Å². The van der Waals surface area contributed by atoms with Crippen LogP contribution in [0.25, 0.3) is 6.08 Å². The van der Waals surface area contributed by atoms with E-state index < -0.39 is 0 Å². The summed E-state index contributed by atoms with van der Waals surface area (Å²) in [6.45, 7) is 6.08. The highest BCUT2D eigenvalue weighted by Crippen LogP contribution is 2.32. The maximum absolute atomic E-state index is 5.84. The Morgan fingerprint density at radius 2 is 2.07 bits per heavy atom. The second kappa shape index (κ2) is 3.38. The molecule has 2 nitrogen and oxygen atoms in total. The molecular weight excluding hydrogens is 186 g/mol. The predicted molar refractivity (Wildman–Crippen MR) is 62.8 cm³/mol. The Morgan fingerprint density at radius 3 is 2.73 bits per heavy atom. The lowest BCUT2D eigenvalue weighted by atomic mass is 9.99. The third-order valence-electron chi connectivity index (χ3n) is 2.60. The molecule has 0 amide bonds. The van der Waals surface area contributed by atoms with Crippen LogP contribution in [0.5, 0.6) is 5.75 Å². The number of benzene rings is 1. The fourth-order valence-corrected chi connectivity index (χ4v) is 1.68. The Hall–Kier alpha value is -1.28. The number of nitrogens with two attached hydrogens (primary N) is 1. The third-order valence-corrected chi connectivity index (χ3v) is 2.60. The van der Waals surface area contributed by atoms with E-state index in [9.17, 15) is 0 Å². The Bertz CT molecular complexity index is 405. The van der Waals surface area contributed by atoms with Crippen molar-refractivity contribution in [3.8, 4) is 5.75 Å². The molecule has 1 heterocycles. The molecule has 1 aliphatic heterocycles. The van der Waals surface area contributed by atoms with Crippen molar-refractivity contribution in [3.63, 3.8) is 0 Å². The van der Waals surface area contributed by atoms with Gasteiger partial charge in [-0.1, -0.05) is 12.1 Å². The van der Waals surface area contributed by atoms with Crippen LogP contribution < -0.4 is 10.5 Å². The van der Waals surface area contributed by atoms with Crippen LogP contribution in [-0.4, -0.2) is 5.60 Å². The number of hydrogen-bond acceptors (Lipinski definition) is 2. The summed E-state index contributed by atoms with van der Waals surface area (Å²) in [6, 6.07) is 6.18. The van der Waals surface area contributed by atoms with Gasteiger partial charge in [-0.25, -0.2) is 0 Å². The van der Waals surface area contributed by atoms with Gasteiger partial charge >= 0.3 is 0 Å². The van der Waals surface area contributed by atoms with Crippen molar-refractivity contribution in [1.82, 2.24) is 0 Å². The monoisotopic (exact) mass is 203 g/mol. The Kier molecular flexibility index (Phi) is 2.31. The van der Waals surface area contributed by atoms with Gasteiger partial charge in [-0.05, 0) is 44.5 Å². The third kappa shape index (κ3) is 2.05. The zero-order valence-corrected chi connectivity index (χ0v) is 9.45. The molecule has 1 aliphatic rings. The van der Waals surface area contributed by atoms with Crippen molar-refractivity contribution in [1.29, 1.82) is 0 Å². The van der Waals surface area contributed by atoms with Crippen LogP contribution >= 0.6 is 0 Å². The molecule has 80 valence electrons. The van der Waals surface area contributed by atoms with E-state index in [1.807, 2.05) is 32.9 Å². The van der Waals surface area contributed by atoms with Crippen LogP contribution in [0.4, 0.5) is 0 Å². The number of hydrogen-bond donors (Lipinski definition) is 1. The van der Waals surface area contributed by atoms with E-state index >= 15 is 0 Å². The molecule has 0 fully saturated rings. The molecule has 0 saturated carbocycles. The average molecular weight is 203 g/mol. The summed E-state index contributed by atoms with van der Waals surface area (Å²) >= 11 is 0. The van der Waals surface area contributed by atoms with E-state index in [2.05, 4.69) is 18.2 Å². The van der Waals surface area contributed by atoms with Gasteiger partial charge < -0.3 is 10.5 Å². The first-order valence-corrected chi connectivity index (χ1v) is 5.26. The zero-order chi connectivity index (χ0) is 11.1. The minimum absolute atomic E-state index is 0.0682. The van der Waals surface area contributed by atoms with Crippen molar-refractivity contribution in [2.75, 3.05) is 0 Å². The molecule has 15 heavy (non-hydrogen) atoms. The second-order valence-electron chi connectivity index (χ2n) is 4.62. The molecule has 1 aromatic carbocycles. The normalized spacial score (nSPS) is 19.2. The zero-order valence-electron chi connectivity index (χ0n) is 9.45. The lowest BCUT2D eigenvalue weighted by Gasteiger charge is -2.28. The van der Waals surface area contributed by atoms with Crippen LogP contribution in [0.15, 0.2) is 24.3 Å². The molecule has 1 atom stereocenters. The molecule has 2 N–H and O–H groups in total. The molecule has 0 aromatic heterocycles. The highest BCUT2D eigenvalue weighted by atomic mass is 16.5. The first-order valence-electron chi connectivity index (χ1n) is 5.26. The maximum Gasteiger partial charge on any atom is 0.127 e. The molecule has 0 spiro atoms. The predicted octanol–water partition coefficient (Wildman–Crippen LogP) is 2.89. The van der Waals surface area contributed by atoms with Gasteiger partial charge in [0.05, 0.1) is 0 Å². The minimum atomic E-state index is -0.206. The van der Waals surface area contributed by atoms with E-state index in [0.29, 0.717) is 0 Å². The Labute approximate surface area is 90.7 Å². The largest absolute Gasteiger partial charge is 0.483 e. The van der Waals surface area contributed by atoms with Crippen LogP contribution in [-0.2, 0) is 0 Å². The van der Waals surface area contributed by atoms with E-state index in [1.54, 1.807) is 0 Å². The fourth-order valence-electron chi connectivity index (χ4n) is 1.68. The van der Waals surface area contributed by atoms with Crippen molar-refractivity contribution >= 4 is 6.08 Å². The maximum atomic E-state index is 5.84. The fraction of sp³-hybridized carbons (Fsp3) is 0.385. The summed E-state index contributed by atoms with van der Waals surface area (Å²) in [6.07, 6.45) is 4.17. The number of rotatable bonds is 1. The standard InChI is InChI=1S/C13H17NO/c1-9(14)10-4-5-12-11(8-10)6-7-13(2,3)15-12/h4-9H,14H2,1-3H3. The van der Waals surface area contributed by atoms with Crippen molar-refractivity contribution < 1.29 is 4.74 Å². The van der Waals surface area contributed by atoms with Gasteiger partial charge in [-0.3, -0.25) is 0 Å². The van der Waals surface area contributed by atoms with Gasteiger partial charge in [-0.2, -0.15) is 0 Å². The van der Waals surface area contributed by atoms with Crippen LogP contribution in [0.1, 0.15) is 37.9 Å². The molecule has 0 radical (unpaired) electrons. The minimum Gasteiger partial charge on any atom is -0.483 e. The summed E-state index contributed by atoms with van der Waals surface area (Å²) in [5, 5.41) is 0. The van der Waals surface area contributed by atoms with E-state index in [0.717, 1.165) is 16.9 Å². The molecule has 0 saturated heterocycles. The van der Waals surface area contributed by atoms with Gasteiger partial charge in [-0.15, -0.1) is 0 Å². The highest BCUT2D eigenvalue weighted by Gasteiger charge is 2.21. The molecule has 0 aliphatic carbocycles. The summed E-state index contributed by atoms with van der Waals surface area (Å²) in [5.41, 5.74) is 7.89. The Balaban J connectivity index is 2.40. The first-order chi connectivity index (χ1) is 6.98. The van der Waals surface area contributed by atoms with Gasteiger partial charge in [0.15, 0.2) is 0 Å². The average Bonchev–Trinajstić information content (AvgIpc) is 2.15. The molecule has 2 heteroatoms. The lowest BCUT2D eigenvalue weighted by Crippen LogP contribution is -2.27. The van der Waals surface area contributed by atoms with Crippen LogP contribution in [0.2, 0.25) is 0 Å². The van der Waals surface area contributed by atoms with Gasteiger partial charge in [0.25, 0.3) is 0 Å². The quantitative estimate of drug-likeness (QED) is 0.761. The van der Waals surface area contributed by atoms with Crippen LogP contribution in [0.3, 0.4) is 0 Å². The van der Waals surface area contributed by atoms with Crippen LogP contribution in [0, 0.1) is 0 Å². The molecule has 0 bridgehead atoms. The van der Waals surface area contributed by atoms with E-state index in [4.69, 9.17) is 10.5 Å². The van der Waals surface area contributed by atoms with Gasteiger partial charge in [0.2, 0.25) is 0 Å². The van der Waals surface area contributed by atoms with Gasteiger partial charge in [0.1, 0.15) is 11.4 Å². The topological polar surface area (TPSA) is 35.2 Å². The summed E-state index contributed by atoms with van der Waals surface area (Å²) in [4.78, 5) is 0. The lowest BCUT2D eigenvalue weighted by molar-refractivity contribution is 0.159. The number of ether oxygens (including phenoxy) is 1. The van der Waals surface area contributed by atoms with E-state index in [1.165, 1.54) is 0 Å². The SMILES string of the molecule is CC(N)c1ccc2c(c1)C=CC(C)(C)O2.